The van der Waals surface area contributed by atoms with Gasteiger partial charge in [0.1, 0.15) is 5.75 Å². The Balaban J connectivity index is 1.42. The van der Waals surface area contributed by atoms with Gasteiger partial charge in [-0.15, -0.1) is 34.0 Å². The molecule has 6 nitrogen and oxygen atoms in total. The number of nitrogens with zero attached hydrogens (tertiary/aromatic N) is 1. The van der Waals surface area contributed by atoms with Gasteiger partial charge in [-0.2, -0.15) is 0 Å². The topological polar surface area (TPSA) is 80.3 Å². The summed E-state index contributed by atoms with van der Waals surface area (Å²) in [7, 11) is 0. The highest BCUT2D eigenvalue weighted by atomic mass is 79.9. The Morgan fingerprint density at radius 1 is 1.22 bits per heavy atom. The van der Waals surface area contributed by atoms with Crippen molar-refractivity contribution in [3.8, 4) is 5.75 Å². The second-order valence-electron chi connectivity index (χ2n) is 5.51. The Hall–Kier alpha value is -2.01. The van der Waals surface area contributed by atoms with Crippen LogP contribution in [0.4, 0.5) is 0 Å². The summed E-state index contributed by atoms with van der Waals surface area (Å²) in [6.07, 6.45) is 0. The van der Waals surface area contributed by atoms with Crippen LogP contribution in [0.1, 0.15) is 14.7 Å². The van der Waals surface area contributed by atoms with Crippen LogP contribution < -0.4 is 15.6 Å². The number of rotatable bonds is 4. The fraction of sp³-hybridized carbons (Fsp3) is 0.118. The van der Waals surface area contributed by atoms with Crippen LogP contribution in [0.3, 0.4) is 0 Å². The van der Waals surface area contributed by atoms with Gasteiger partial charge in [-0.25, -0.2) is 4.98 Å². The number of thiophene rings is 2. The molecule has 2 N–H and O–H groups in total. The fourth-order valence-corrected chi connectivity index (χ4v) is 5.62. The van der Waals surface area contributed by atoms with Gasteiger partial charge in [0.2, 0.25) is 0 Å². The molecule has 0 bridgehead atoms. The highest BCUT2D eigenvalue weighted by Gasteiger charge is 2.14. The van der Waals surface area contributed by atoms with E-state index in [1.165, 1.54) is 11.3 Å². The number of aryl methyl sites for hydroxylation is 1. The number of nitrogens with one attached hydrogen (secondary N) is 2. The van der Waals surface area contributed by atoms with Crippen molar-refractivity contribution in [2.24, 2.45) is 0 Å². The zero-order chi connectivity index (χ0) is 19.0. The molecule has 138 valence electrons. The van der Waals surface area contributed by atoms with Gasteiger partial charge in [0, 0.05) is 11.5 Å². The number of hydrazine groups is 1. The molecule has 4 rings (SSSR count). The summed E-state index contributed by atoms with van der Waals surface area (Å²) in [5, 5.41) is 3.89. The van der Waals surface area contributed by atoms with Crippen molar-refractivity contribution in [2.45, 2.75) is 6.92 Å². The van der Waals surface area contributed by atoms with Crippen LogP contribution in [0.15, 0.2) is 33.4 Å². The lowest BCUT2D eigenvalue weighted by molar-refractivity contribution is -0.123. The van der Waals surface area contributed by atoms with E-state index in [0.717, 1.165) is 29.1 Å². The molecule has 0 fully saturated rings. The number of benzene rings is 1. The van der Waals surface area contributed by atoms with Crippen LogP contribution in [-0.4, -0.2) is 23.4 Å². The standard InChI is InChI=1S/C17H12BrN3O3S3/c1-8-19-15-12(26-8)6-10(9-4-5-25-16(9)15)24-7-14(22)20-21-17(23)11-2-3-13(18)27-11/h2-6H,7H2,1H3,(H,20,22)(H,21,23). The third-order valence-corrected chi connectivity index (χ3v) is 7.10. The molecule has 0 aliphatic heterocycles. The molecule has 0 unspecified atom stereocenters. The molecule has 0 aliphatic rings. The molecule has 0 aliphatic carbocycles. The number of thiazole rings is 1. The maximum Gasteiger partial charge on any atom is 0.279 e. The first-order valence-corrected chi connectivity index (χ1v) is 11.1. The smallest absolute Gasteiger partial charge is 0.279 e. The maximum atomic E-state index is 12.0. The third kappa shape index (κ3) is 3.84. The van der Waals surface area contributed by atoms with E-state index in [1.54, 1.807) is 34.8 Å². The highest BCUT2D eigenvalue weighted by Crippen LogP contribution is 2.38. The Bertz CT molecular complexity index is 1160. The predicted octanol–water partition coefficient (Wildman–Crippen LogP) is 4.48. The van der Waals surface area contributed by atoms with E-state index >= 15 is 0 Å². The number of fused-ring (bicyclic) bond motifs is 3. The van der Waals surface area contributed by atoms with Crippen molar-refractivity contribution in [3.05, 3.63) is 43.3 Å². The van der Waals surface area contributed by atoms with Crippen molar-refractivity contribution >= 4 is 82.1 Å². The second kappa shape index (κ2) is 7.55. The van der Waals surface area contributed by atoms with E-state index in [-0.39, 0.29) is 12.5 Å². The van der Waals surface area contributed by atoms with Crippen molar-refractivity contribution in [3.63, 3.8) is 0 Å². The molecule has 3 aromatic heterocycles. The minimum Gasteiger partial charge on any atom is -0.483 e. The number of amides is 2. The summed E-state index contributed by atoms with van der Waals surface area (Å²) in [5.41, 5.74) is 5.71. The number of hydrogen-bond acceptors (Lipinski definition) is 7. The molecule has 2 amide bonds. The fourth-order valence-electron chi connectivity index (χ4n) is 2.51. The van der Waals surface area contributed by atoms with Gasteiger partial charge in [0.15, 0.2) is 6.61 Å². The lowest BCUT2D eigenvalue weighted by Crippen LogP contribution is -2.43. The lowest BCUT2D eigenvalue weighted by Gasteiger charge is -2.09. The minimum absolute atomic E-state index is 0.206. The van der Waals surface area contributed by atoms with Crippen LogP contribution in [0.2, 0.25) is 0 Å². The molecule has 0 saturated carbocycles. The van der Waals surface area contributed by atoms with Crippen LogP contribution in [0.25, 0.3) is 20.3 Å². The van der Waals surface area contributed by atoms with Gasteiger partial charge < -0.3 is 4.74 Å². The van der Waals surface area contributed by atoms with Crippen LogP contribution >= 0.6 is 49.9 Å². The van der Waals surface area contributed by atoms with Crippen molar-refractivity contribution < 1.29 is 14.3 Å². The molecule has 27 heavy (non-hydrogen) atoms. The first-order chi connectivity index (χ1) is 13.0. The summed E-state index contributed by atoms with van der Waals surface area (Å²) in [6.45, 7) is 1.76. The molecule has 0 saturated heterocycles. The van der Waals surface area contributed by atoms with Gasteiger partial charge >= 0.3 is 0 Å². The van der Waals surface area contributed by atoms with Crippen LogP contribution in [-0.2, 0) is 4.79 Å². The number of hydrogen-bond donors (Lipinski definition) is 2. The van der Waals surface area contributed by atoms with E-state index in [1.807, 2.05) is 24.4 Å². The van der Waals surface area contributed by atoms with Gasteiger partial charge in [-0.05, 0) is 46.4 Å². The summed E-state index contributed by atoms with van der Waals surface area (Å²) < 4.78 is 8.63. The van der Waals surface area contributed by atoms with E-state index in [2.05, 4.69) is 31.8 Å². The molecule has 0 radical (unpaired) electrons. The zero-order valence-electron chi connectivity index (χ0n) is 13.9. The number of ether oxygens (including phenoxy) is 1. The molecule has 1 aromatic carbocycles. The van der Waals surface area contributed by atoms with E-state index in [4.69, 9.17) is 4.74 Å². The van der Waals surface area contributed by atoms with Gasteiger partial charge in [0.05, 0.1) is 28.6 Å². The summed E-state index contributed by atoms with van der Waals surface area (Å²) in [4.78, 5) is 29.0. The highest BCUT2D eigenvalue weighted by molar-refractivity contribution is 9.11. The predicted molar refractivity (Wildman–Crippen MR) is 113 cm³/mol. The normalized spacial score (nSPS) is 11.0. The van der Waals surface area contributed by atoms with Gasteiger partial charge in [0.25, 0.3) is 11.8 Å². The maximum absolute atomic E-state index is 12.0. The van der Waals surface area contributed by atoms with Crippen LogP contribution in [0.5, 0.6) is 5.75 Å². The van der Waals surface area contributed by atoms with Crippen LogP contribution in [0, 0.1) is 6.92 Å². The molecular weight excluding hydrogens is 470 g/mol. The van der Waals surface area contributed by atoms with Crippen molar-refractivity contribution in [2.75, 3.05) is 6.61 Å². The number of carbonyl (C=O) groups excluding carboxylic acids is 2. The Labute approximate surface area is 174 Å². The minimum atomic E-state index is -0.442. The third-order valence-electron chi connectivity index (χ3n) is 3.64. The first kappa shape index (κ1) is 18.4. The van der Waals surface area contributed by atoms with Gasteiger partial charge in [-0.1, -0.05) is 0 Å². The average Bonchev–Trinajstić information content (AvgIpc) is 3.35. The summed E-state index contributed by atoms with van der Waals surface area (Å²) in [5.74, 6) is -0.185. The number of aromatic nitrogens is 1. The van der Waals surface area contributed by atoms with Gasteiger partial charge in [-0.3, -0.25) is 20.4 Å². The summed E-state index contributed by atoms with van der Waals surface area (Å²) in [6, 6.07) is 7.31. The molecule has 3 heterocycles. The molecule has 0 spiro atoms. The van der Waals surface area contributed by atoms with Crippen molar-refractivity contribution in [1.29, 1.82) is 0 Å². The molecule has 10 heteroatoms. The van der Waals surface area contributed by atoms with E-state index < -0.39 is 5.91 Å². The van der Waals surface area contributed by atoms with Crippen molar-refractivity contribution in [1.82, 2.24) is 15.8 Å². The quantitative estimate of drug-likeness (QED) is 0.421. The Morgan fingerprint density at radius 2 is 2.07 bits per heavy atom. The average molecular weight is 482 g/mol. The molecular formula is C17H12BrN3O3S3. The lowest BCUT2D eigenvalue weighted by atomic mass is 10.2. The van der Waals surface area contributed by atoms with E-state index in [0.29, 0.717) is 10.6 Å². The SMILES string of the molecule is Cc1nc2c(cc(OCC(=O)NNC(=O)c3ccc(Br)s3)c3ccsc32)s1. The monoisotopic (exact) mass is 481 g/mol. The largest absolute Gasteiger partial charge is 0.483 e. The zero-order valence-corrected chi connectivity index (χ0v) is 17.9. The number of halogens is 1. The molecule has 0 atom stereocenters. The second-order valence-corrected chi connectivity index (χ2v) is 10.1. The first-order valence-electron chi connectivity index (χ1n) is 7.76. The van der Waals surface area contributed by atoms with E-state index in [9.17, 15) is 9.59 Å². The number of carbonyl (C=O) groups is 2. The Morgan fingerprint density at radius 3 is 2.85 bits per heavy atom. The Kier molecular flexibility index (Phi) is 5.13. The summed E-state index contributed by atoms with van der Waals surface area (Å²) >= 11 is 7.76. The molecule has 4 aromatic rings.